The van der Waals surface area contributed by atoms with Gasteiger partial charge >= 0.3 is 5.87 Å². The maximum absolute atomic E-state index is 9.67. The molecular weight excluding hydrogens is 569 g/mol. The normalized spacial score (nSPS) is 11.3. The van der Waals surface area contributed by atoms with E-state index in [0.29, 0.717) is 0 Å². The Labute approximate surface area is 290 Å². The van der Waals surface area contributed by atoms with E-state index in [1.165, 1.54) is 110 Å². The lowest BCUT2D eigenvalue weighted by Crippen LogP contribution is -2.04. The highest BCUT2D eigenvalue weighted by Gasteiger charge is 2.20. The molecule has 0 aliphatic carbocycles. The van der Waals surface area contributed by atoms with Crippen LogP contribution in [-0.2, 0) is 12.8 Å². The van der Waals surface area contributed by atoms with E-state index in [4.69, 9.17) is 0 Å². The standard InChI is InChI=1S/C45H66N2/c1-5-9-13-14-15-16-17-18-19-20-21-22-23-24-25-30-40-31-26-27-33-43(40)45(41-36-34-39(35-37-41)28-10-6-2)44(32-12-8-4)42(38-47-46)29-11-7-3/h26-27,31,33-37H,5-21,24-25,28-30,32H2,1-4H3. The molecule has 0 aliphatic heterocycles. The Morgan fingerprint density at radius 2 is 1.15 bits per heavy atom. The van der Waals surface area contributed by atoms with Crippen molar-refractivity contribution in [3.05, 3.63) is 87.5 Å². The number of benzene rings is 2. The molecule has 0 aliphatic rings. The third kappa shape index (κ3) is 16.5. The topological polar surface area (TPSA) is 36.4 Å². The Kier molecular flexibility index (Phi) is 22.9. The molecule has 256 valence electrons. The van der Waals surface area contributed by atoms with E-state index >= 15 is 0 Å². The zero-order valence-electron chi connectivity index (χ0n) is 30.8. The lowest BCUT2D eigenvalue weighted by atomic mass is 9.83. The van der Waals surface area contributed by atoms with Gasteiger partial charge in [0, 0.05) is 12.8 Å². The fraction of sp³-hybridized carbons (Fsp3) is 0.600. The van der Waals surface area contributed by atoms with Crippen molar-refractivity contribution < 1.29 is 4.79 Å². The molecule has 47 heavy (non-hydrogen) atoms. The van der Waals surface area contributed by atoms with Gasteiger partial charge < -0.3 is 5.53 Å². The van der Waals surface area contributed by atoms with Crippen LogP contribution in [0, 0.1) is 11.8 Å². The summed E-state index contributed by atoms with van der Waals surface area (Å²) in [5.41, 5.74) is 18.6. The van der Waals surface area contributed by atoms with Gasteiger partial charge in [-0.2, -0.15) is 0 Å². The lowest BCUT2D eigenvalue weighted by Gasteiger charge is -2.20. The molecule has 2 aromatic rings. The molecule has 0 aromatic heterocycles. The summed E-state index contributed by atoms with van der Waals surface area (Å²) in [6, 6.07) is 18.2. The smallest absolute Gasteiger partial charge is 0.303 e. The highest BCUT2D eigenvalue weighted by Crippen LogP contribution is 2.36. The quantitative estimate of drug-likeness (QED) is 0.0260. The summed E-state index contributed by atoms with van der Waals surface area (Å²) in [5.74, 6) is 9.97. The maximum Gasteiger partial charge on any atom is 0.303 e. The van der Waals surface area contributed by atoms with E-state index in [1.807, 2.05) is 0 Å². The summed E-state index contributed by atoms with van der Waals surface area (Å²) in [7, 11) is 0. The number of aryl methyl sites for hydroxylation is 2. The predicted octanol–water partition coefficient (Wildman–Crippen LogP) is 13.7. The molecule has 0 bridgehead atoms. The largest absolute Gasteiger partial charge is 0.348 e. The molecule has 0 radical (unpaired) electrons. The van der Waals surface area contributed by atoms with Crippen LogP contribution in [0.25, 0.3) is 11.1 Å². The van der Waals surface area contributed by atoms with Gasteiger partial charge in [-0.1, -0.05) is 153 Å². The number of nitrogens with zero attached hydrogens (tertiary/aromatic N) is 2. The molecule has 0 N–H and O–H groups in total. The maximum atomic E-state index is 9.67. The molecule has 0 fully saturated rings. The number of rotatable bonds is 25. The Bertz CT molecular complexity index is 1290. The summed E-state index contributed by atoms with van der Waals surface area (Å²) in [4.78, 5) is 3.44. The first-order valence-electron chi connectivity index (χ1n) is 19.5. The van der Waals surface area contributed by atoms with Gasteiger partial charge in [0.25, 0.3) is 0 Å². The minimum absolute atomic E-state index is 0.870. The van der Waals surface area contributed by atoms with Crippen molar-refractivity contribution in [1.82, 2.24) is 0 Å². The van der Waals surface area contributed by atoms with Crippen LogP contribution in [-0.4, -0.2) is 10.7 Å². The monoisotopic (exact) mass is 635 g/mol. The third-order valence-electron chi connectivity index (χ3n) is 9.29. The van der Waals surface area contributed by atoms with Crippen molar-refractivity contribution in [2.45, 2.75) is 175 Å². The molecule has 2 rings (SSSR count). The van der Waals surface area contributed by atoms with E-state index in [1.54, 1.807) is 0 Å². The van der Waals surface area contributed by atoms with Crippen molar-refractivity contribution in [2.24, 2.45) is 0 Å². The average molecular weight is 635 g/mol. The zero-order chi connectivity index (χ0) is 33.8. The number of hydrogen-bond acceptors (Lipinski definition) is 0. The van der Waals surface area contributed by atoms with Gasteiger partial charge in [0.1, 0.15) is 0 Å². The molecule has 0 spiro atoms. The van der Waals surface area contributed by atoms with Gasteiger partial charge in [0.15, 0.2) is 0 Å². The Balaban J connectivity index is 2.20. The predicted molar refractivity (Wildman–Crippen MR) is 206 cm³/mol. The van der Waals surface area contributed by atoms with Gasteiger partial charge in [-0.15, -0.1) is 16.6 Å². The second-order valence-corrected chi connectivity index (χ2v) is 13.3. The highest BCUT2D eigenvalue weighted by molar-refractivity contribution is 5.88. The lowest BCUT2D eigenvalue weighted by molar-refractivity contribution is 0.00739. The molecule has 0 saturated heterocycles. The molecule has 0 heterocycles. The van der Waals surface area contributed by atoms with Crippen LogP contribution in [0.4, 0.5) is 0 Å². The average Bonchev–Trinajstić information content (AvgIpc) is 3.10. The SMILES string of the molecule is CCCCCCCCCCCCC#CCCCc1ccccc1C(=C(CCCC)C(=C=[N+]=[N-])CCCC)c1ccc(CCCC)cc1. The third-order valence-corrected chi connectivity index (χ3v) is 9.29. The van der Waals surface area contributed by atoms with Crippen LogP contribution in [0.5, 0.6) is 0 Å². The Hall–Kier alpha value is -3.10. The van der Waals surface area contributed by atoms with Crippen LogP contribution in [0.3, 0.4) is 0 Å². The van der Waals surface area contributed by atoms with Crippen LogP contribution in [0.15, 0.2) is 59.7 Å². The van der Waals surface area contributed by atoms with Gasteiger partial charge in [-0.25, -0.2) is 0 Å². The van der Waals surface area contributed by atoms with E-state index in [9.17, 15) is 5.53 Å². The first kappa shape index (κ1) is 40.1. The zero-order valence-corrected chi connectivity index (χ0v) is 30.8. The van der Waals surface area contributed by atoms with Crippen LogP contribution in [0.2, 0.25) is 0 Å². The van der Waals surface area contributed by atoms with Crippen molar-refractivity contribution in [3.63, 3.8) is 0 Å². The molecular formula is C45H66N2. The Morgan fingerprint density at radius 1 is 0.574 bits per heavy atom. The van der Waals surface area contributed by atoms with Crippen LogP contribution < -0.4 is 0 Å². The number of unbranched alkanes of at least 4 members (excludes halogenated alkanes) is 14. The minimum Gasteiger partial charge on any atom is -0.348 e. The van der Waals surface area contributed by atoms with E-state index in [0.717, 1.165) is 76.2 Å². The molecule has 2 heteroatoms. The highest BCUT2D eigenvalue weighted by atomic mass is 14.8. The van der Waals surface area contributed by atoms with E-state index < -0.39 is 0 Å². The molecule has 0 unspecified atom stereocenters. The van der Waals surface area contributed by atoms with Crippen molar-refractivity contribution >= 4 is 11.4 Å². The molecule has 0 atom stereocenters. The van der Waals surface area contributed by atoms with E-state index in [2.05, 4.69) is 98.7 Å². The second-order valence-electron chi connectivity index (χ2n) is 13.3. The van der Waals surface area contributed by atoms with Crippen LogP contribution >= 0.6 is 0 Å². The first-order chi connectivity index (χ1) is 23.2. The van der Waals surface area contributed by atoms with Crippen LogP contribution in [0.1, 0.15) is 185 Å². The summed E-state index contributed by atoms with van der Waals surface area (Å²) in [5, 5.41) is 0. The fourth-order valence-electron chi connectivity index (χ4n) is 6.41. The molecule has 0 amide bonds. The van der Waals surface area contributed by atoms with Gasteiger partial charge in [0.2, 0.25) is 0 Å². The summed E-state index contributed by atoms with van der Waals surface area (Å²) in [6.45, 7) is 9.01. The molecule has 0 saturated carbocycles. The van der Waals surface area contributed by atoms with Gasteiger partial charge in [-0.3, -0.25) is 0 Å². The first-order valence-corrected chi connectivity index (χ1v) is 19.5. The second kappa shape index (κ2) is 26.9. The van der Waals surface area contributed by atoms with Crippen molar-refractivity contribution in [3.8, 4) is 11.8 Å². The van der Waals surface area contributed by atoms with Gasteiger partial charge in [0.05, 0.1) is 5.57 Å². The minimum atomic E-state index is 0.870. The number of allylic oxidation sites excluding steroid dienone is 2. The fourth-order valence-corrected chi connectivity index (χ4v) is 6.41. The molecule has 2 nitrogen and oxygen atoms in total. The summed E-state index contributed by atoms with van der Waals surface area (Å²) in [6.07, 6.45) is 27.5. The molecule has 2 aromatic carbocycles. The van der Waals surface area contributed by atoms with E-state index in [-0.39, 0.29) is 0 Å². The van der Waals surface area contributed by atoms with Crippen molar-refractivity contribution in [2.75, 3.05) is 0 Å². The summed E-state index contributed by atoms with van der Waals surface area (Å²) < 4.78 is 0. The Morgan fingerprint density at radius 3 is 1.79 bits per heavy atom. The number of hydrogen-bond donors (Lipinski definition) is 0. The summed E-state index contributed by atoms with van der Waals surface area (Å²) >= 11 is 0. The van der Waals surface area contributed by atoms with Crippen molar-refractivity contribution in [1.29, 1.82) is 0 Å². The van der Waals surface area contributed by atoms with Gasteiger partial charge in [-0.05, 0) is 91.2 Å².